The van der Waals surface area contributed by atoms with E-state index < -0.39 is 55.6 Å². The van der Waals surface area contributed by atoms with Gasteiger partial charge in [-0.1, -0.05) is 0 Å². The van der Waals surface area contributed by atoms with Crippen LogP contribution in [0.5, 0.6) is 0 Å². The van der Waals surface area contributed by atoms with Crippen molar-refractivity contribution in [2.75, 3.05) is 32.7 Å². The van der Waals surface area contributed by atoms with Gasteiger partial charge in [0.15, 0.2) is 0 Å². The first kappa shape index (κ1) is 19.1. The zero-order valence-corrected chi connectivity index (χ0v) is 11.6. The van der Waals surface area contributed by atoms with Crippen molar-refractivity contribution in [2.45, 2.75) is 5.50 Å². The van der Waals surface area contributed by atoms with Crippen molar-refractivity contribution in [3.05, 3.63) is 0 Å². The molecule has 10 nitrogen and oxygen atoms in total. The summed E-state index contributed by atoms with van der Waals surface area (Å²) < 4.78 is 0. The Morgan fingerprint density at radius 2 is 1.10 bits per heavy atom. The average molecular weight is 327 g/mol. The van der Waals surface area contributed by atoms with Crippen molar-refractivity contribution in [2.24, 2.45) is 0 Å². The molecule has 0 saturated heterocycles. The Balaban J connectivity index is 4.81. The Bertz CT molecular complexity index is 384. The number of aliphatic carboxylic acids is 4. The Morgan fingerprint density at radius 1 is 0.762 bits per heavy atom. The molecule has 0 aromatic rings. The first-order chi connectivity index (χ1) is 9.61. The molecule has 0 bridgehead atoms. The fraction of sp³-hybridized carbons (Fsp3) is 0.600. The second-order valence-electron chi connectivity index (χ2n) is 4.08. The molecule has 0 radical (unpaired) electrons. The number of hydrogen-bond acceptors (Lipinski definition) is 6. The first-order valence-corrected chi connectivity index (χ1v) is 6.03. The lowest BCUT2D eigenvalue weighted by Gasteiger charge is -2.28. The highest BCUT2D eigenvalue weighted by Crippen LogP contribution is 2.07. The molecule has 21 heavy (non-hydrogen) atoms. The van der Waals surface area contributed by atoms with E-state index in [0.717, 1.165) is 9.80 Å². The van der Waals surface area contributed by atoms with E-state index >= 15 is 0 Å². The van der Waals surface area contributed by atoms with Crippen LogP contribution in [0.25, 0.3) is 0 Å². The van der Waals surface area contributed by atoms with Crippen LogP contribution in [-0.4, -0.2) is 92.3 Å². The van der Waals surface area contributed by atoms with Gasteiger partial charge < -0.3 is 20.4 Å². The van der Waals surface area contributed by atoms with Gasteiger partial charge in [-0.05, 0) is 0 Å². The van der Waals surface area contributed by atoms with Gasteiger partial charge in [-0.2, -0.15) is 0 Å². The van der Waals surface area contributed by atoms with Gasteiger partial charge in [0.05, 0.1) is 31.7 Å². The summed E-state index contributed by atoms with van der Waals surface area (Å²) >= 11 is 5.87. The molecule has 1 unspecified atom stereocenters. The lowest BCUT2D eigenvalue weighted by atomic mass is 10.3. The van der Waals surface area contributed by atoms with Crippen molar-refractivity contribution in [1.82, 2.24) is 9.80 Å². The van der Waals surface area contributed by atoms with Crippen molar-refractivity contribution in [3.8, 4) is 0 Å². The summed E-state index contributed by atoms with van der Waals surface area (Å²) in [7, 11) is 0. The molecule has 0 heterocycles. The monoisotopic (exact) mass is 326 g/mol. The van der Waals surface area contributed by atoms with Gasteiger partial charge in [0, 0.05) is 6.54 Å². The Labute approximate surface area is 124 Å². The highest BCUT2D eigenvalue weighted by atomic mass is 35.5. The number of alkyl halides is 1. The smallest absolute Gasteiger partial charge is 0.317 e. The number of nitrogens with zero attached hydrogens (tertiary/aromatic N) is 2. The number of carboxylic acids is 4. The van der Waals surface area contributed by atoms with Crippen molar-refractivity contribution >= 4 is 35.5 Å². The van der Waals surface area contributed by atoms with E-state index in [9.17, 15) is 19.2 Å². The second-order valence-corrected chi connectivity index (χ2v) is 4.59. The summed E-state index contributed by atoms with van der Waals surface area (Å²) in [4.78, 5) is 44.4. The summed E-state index contributed by atoms with van der Waals surface area (Å²) in [6, 6.07) is 0. The topological polar surface area (TPSA) is 156 Å². The molecule has 0 spiro atoms. The molecule has 120 valence electrons. The van der Waals surface area contributed by atoms with Gasteiger partial charge in [0.25, 0.3) is 0 Å². The fourth-order valence-corrected chi connectivity index (χ4v) is 1.83. The summed E-state index contributed by atoms with van der Waals surface area (Å²) in [5.74, 6) is -5.21. The molecular formula is C10H15ClN2O8. The maximum atomic E-state index is 10.6. The van der Waals surface area contributed by atoms with E-state index in [1.807, 2.05) is 0 Å². The van der Waals surface area contributed by atoms with Crippen LogP contribution in [0.2, 0.25) is 0 Å². The van der Waals surface area contributed by atoms with Crippen LogP contribution in [-0.2, 0) is 19.2 Å². The van der Waals surface area contributed by atoms with Gasteiger partial charge in [-0.15, -0.1) is 11.6 Å². The zero-order chi connectivity index (χ0) is 16.6. The number of rotatable bonds is 11. The molecule has 4 N–H and O–H groups in total. The third kappa shape index (κ3) is 9.60. The van der Waals surface area contributed by atoms with Gasteiger partial charge >= 0.3 is 23.9 Å². The van der Waals surface area contributed by atoms with Crippen LogP contribution in [0, 0.1) is 0 Å². The third-order valence-electron chi connectivity index (χ3n) is 2.20. The van der Waals surface area contributed by atoms with Crippen molar-refractivity contribution in [1.29, 1.82) is 0 Å². The van der Waals surface area contributed by atoms with Crippen LogP contribution >= 0.6 is 11.6 Å². The molecule has 11 heteroatoms. The molecule has 0 aliphatic carbocycles. The predicted molar refractivity (Wildman–Crippen MR) is 68.2 cm³/mol. The van der Waals surface area contributed by atoms with Crippen molar-refractivity contribution < 1.29 is 39.6 Å². The Morgan fingerprint density at radius 3 is 1.38 bits per heavy atom. The number of carboxylic acid groups (broad SMARTS) is 4. The predicted octanol–water partition coefficient (Wildman–Crippen LogP) is -1.51. The molecule has 0 aliphatic rings. The Kier molecular flexibility index (Phi) is 8.28. The van der Waals surface area contributed by atoms with Crippen LogP contribution in [0.1, 0.15) is 0 Å². The highest BCUT2D eigenvalue weighted by molar-refractivity contribution is 6.20. The molecule has 0 aromatic heterocycles. The number of carbonyl (C=O) groups is 4. The lowest BCUT2D eigenvalue weighted by Crippen LogP contribution is -2.47. The summed E-state index contributed by atoms with van der Waals surface area (Å²) in [5, 5.41) is 34.7. The molecule has 1 atom stereocenters. The van der Waals surface area contributed by atoms with Gasteiger partial charge in [0.2, 0.25) is 0 Å². The van der Waals surface area contributed by atoms with E-state index in [1.165, 1.54) is 0 Å². The minimum atomic E-state index is -1.31. The zero-order valence-electron chi connectivity index (χ0n) is 10.8. The van der Waals surface area contributed by atoms with Gasteiger partial charge in [0.1, 0.15) is 0 Å². The maximum absolute atomic E-state index is 10.6. The quantitative estimate of drug-likeness (QED) is 0.260. The summed E-state index contributed by atoms with van der Waals surface area (Å²) in [6.07, 6.45) is 0. The standard InChI is InChI=1S/C10H15ClN2O8/c11-6(13(4-9(18)19)5-10(20)21)1-12(2-7(14)15)3-8(16)17/h6H,1-5H2,(H,14,15)(H,16,17)(H,18,19)(H,20,21). The fourth-order valence-electron chi connectivity index (χ4n) is 1.50. The molecule has 0 amide bonds. The van der Waals surface area contributed by atoms with E-state index in [0.29, 0.717) is 0 Å². The molecular weight excluding hydrogens is 312 g/mol. The molecule has 0 saturated carbocycles. The molecule has 0 fully saturated rings. The lowest BCUT2D eigenvalue weighted by molar-refractivity contribution is -0.145. The minimum Gasteiger partial charge on any atom is -0.480 e. The van der Waals surface area contributed by atoms with E-state index in [-0.39, 0.29) is 6.54 Å². The maximum Gasteiger partial charge on any atom is 0.317 e. The first-order valence-electron chi connectivity index (χ1n) is 5.59. The van der Waals surface area contributed by atoms with Crippen LogP contribution in [0.15, 0.2) is 0 Å². The molecule has 0 aliphatic heterocycles. The van der Waals surface area contributed by atoms with Crippen LogP contribution < -0.4 is 0 Å². The minimum absolute atomic E-state index is 0.319. The third-order valence-corrected chi connectivity index (χ3v) is 2.61. The summed E-state index contributed by atoms with van der Waals surface area (Å²) in [5.41, 5.74) is -1.17. The Hall–Kier alpha value is -1.91. The van der Waals surface area contributed by atoms with E-state index in [2.05, 4.69) is 0 Å². The largest absolute Gasteiger partial charge is 0.480 e. The normalized spacial score (nSPS) is 12.3. The number of halogens is 1. The summed E-state index contributed by atoms with van der Waals surface area (Å²) in [6.45, 7) is -2.91. The molecule has 0 rings (SSSR count). The average Bonchev–Trinajstić information content (AvgIpc) is 2.24. The van der Waals surface area contributed by atoms with E-state index in [1.54, 1.807) is 0 Å². The van der Waals surface area contributed by atoms with Gasteiger partial charge in [-0.25, -0.2) is 0 Å². The van der Waals surface area contributed by atoms with Crippen molar-refractivity contribution in [3.63, 3.8) is 0 Å². The van der Waals surface area contributed by atoms with E-state index in [4.69, 9.17) is 32.0 Å². The van der Waals surface area contributed by atoms with Crippen LogP contribution in [0.4, 0.5) is 0 Å². The number of hydrogen-bond donors (Lipinski definition) is 4. The highest BCUT2D eigenvalue weighted by Gasteiger charge is 2.25. The second kappa shape index (κ2) is 9.10. The van der Waals surface area contributed by atoms with Gasteiger partial charge in [-0.3, -0.25) is 29.0 Å². The molecule has 0 aromatic carbocycles. The SMILES string of the molecule is O=C(O)CN(CC(=O)O)CC(Cl)N(CC(=O)O)CC(=O)O. The van der Waals surface area contributed by atoms with Crippen LogP contribution in [0.3, 0.4) is 0 Å².